The minimum Gasteiger partial charge on any atom is -0.461 e. The van der Waals surface area contributed by atoms with E-state index in [0.29, 0.717) is 13.2 Å². The molecule has 0 saturated carbocycles. The van der Waals surface area contributed by atoms with Crippen LogP contribution in [0.1, 0.15) is 0 Å². The molecule has 0 unspecified atom stereocenters. The van der Waals surface area contributed by atoms with E-state index in [9.17, 15) is 4.79 Å². The van der Waals surface area contributed by atoms with Crippen molar-refractivity contribution in [3.8, 4) is 0 Å². The van der Waals surface area contributed by atoms with E-state index in [1.165, 1.54) is 0 Å². The number of ether oxygens (including phenoxy) is 1. The Bertz CT molecular complexity index is 173. The maximum Gasteiger partial charge on any atom is 0.334 e. The van der Waals surface area contributed by atoms with Gasteiger partial charge in [-0.2, -0.15) is 0 Å². The third-order valence-electron chi connectivity index (χ3n) is 1.07. The van der Waals surface area contributed by atoms with Gasteiger partial charge in [-0.25, -0.2) is 4.79 Å². The third-order valence-corrected chi connectivity index (χ3v) is 1.07. The number of nitrogens with two attached hydrogens (primary N) is 2. The monoisotopic (exact) mass is 173 g/mol. The molecule has 0 amide bonds. The molecule has 0 atom stereocenters. The van der Waals surface area contributed by atoms with Gasteiger partial charge in [-0.1, -0.05) is 0 Å². The molecule has 0 aliphatic heterocycles. The molecule has 5 nitrogen and oxygen atoms in total. The van der Waals surface area contributed by atoms with Crippen molar-refractivity contribution in [2.24, 2.45) is 11.5 Å². The summed E-state index contributed by atoms with van der Waals surface area (Å²) >= 11 is 0. The number of esters is 1. The molecule has 0 aromatic rings. The quantitative estimate of drug-likeness (QED) is 0.414. The van der Waals surface area contributed by atoms with Crippen molar-refractivity contribution in [1.82, 2.24) is 4.90 Å². The standard InChI is InChI=1S/C7H15N3O2/c1-10(2)3-4-12-7(11)5-6(8)9/h5H,3-4,8-9H2,1-2H3. The van der Waals surface area contributed by atoms with Crippen molar-refractivity contribution >= 4 is 5.97 Å². The summed E-state index contributed by atoms with van der Waals surface area (Å²) in [5.41, 5.74) is 10.1. The molecule has 0 fully saturated rings. The first-order chi connectivity index (χ1) is 5.52. The molecule has 12 heavy (non-hydrogen) atoms. The molecule has 0 aromatic heterocycles. The zero-order chi connectivity index (χ0) is 9.56. The molecule has 0 aliphatic carbocycles. The number of carbonyl (C=O) groups excluding carboxylic acids is 1. The van der Waals surface area contributed by atoms with Crippen LogP contribution < -0.4 is 11.5 Å². The van der Waals surface area contributed by atoms with Gasteiger partial charge in [-0.3, -0.25) is 0 Å². The van der Waals surface area contributed by atoms with Crippen LogP contribution in [0.25, 0.3) is 0 Å². The highest BCUT2D eigenvalue weighted by Crippen LogP contribution is 1.83. The molecule has 4 N–H and O–H groups in total. The van der Waals surface area contributed by atoms with Crippen molar-refractivity contribution in [3.63, 3.8) is 0 Å². The van der Waals surface area contributed by atoms with Crippen LogP contribution in [-0.2, 0) is 9.53 Å². The molecule has 0 aromatic carbocycles. The fourth-order valence-electron chi connectivity index (χ4n) is 0.507. The highest BCUT2D eigenvalue weighted by molar-refractivity contribution is 5.82. The number of nitrogens with zero attached hydrogens (tertiary/aromatic N) is 1. The van der Waals surface area contributed by atoms with Gasteiger partial charge < -0.3 is 21.1 Å². The van der Waals surface area contributed by atoms with Gasteiger partial charge in [0.25, 0.3) is 0 Å². The van der Waals surface area contributed by atoms with E-state index in [4.69, 9.17) is 16.2 Å². The molecule has 5 heteroatoms. The Morgan fingerprint density at radius 1 is 1.50 bits per heavy atom. The minimum absolute atomic E-state index is 0.0372. The molecule has 0 aliphatic rings. The molecule has 0 radical (unpaired) electrons. The Labute approximate surface area is 72.0 Å². The van der Waals surface area contributed by atoms with Crippen molar-refractivity contribution in [1.29, 1.82) is 0 Å². The molecular weight excluding hydrogens is 158 g/mol. The van der Waals surface area contributed by atoms with Crippen molar-refractivity contribution in [2.45, 2.75) is 0 Å². The van der Waals surface area contributed by atoms with Gasteiger partial charge >= 0.3 is 5.97 Å². The summed E-state index contributed by atoms with van der Waals surface area (Å²) in [4.78, 5) is 12.7. The second kappa shape index (κ2) is 5.42. The van der Waals surface area contributed by atoms with Crippen LogP contribution in [0.15, 0.2) is 11.9 Å². The summed E-state index contributed by atoms with van der Waals surface area (Å²) in [6.45, 7) is 1.03. The second-order valence-electron chi connectivity index (χ2n) is 2.62. The Kier molecular flexibility index (Phi) is 4.87. The summed E-state index contributed by atoms with van der Waals surface area (Å²) in [5, 5.41) is 0. The Balaban J connectivity index is 3.52. The van der Waals surface area contributed by atoms with Crippen LogP contribution in [0.3, 0.4) is 0 Å². The van der Waals surface area contributed by atoms with Crippen LogP contribution in [0.5, 0.6) is 0 Å². The first kappa shape index (κ1) is 10.8. The number of hydrogen-bond donors (Lipinski definition) is 2. The summed E-state index contributed by atoms with van der Waals surface area (Å²) in [7, 11) is 3.78. The molecule has 70 valence electrons. The zero-order valence-corrected chi connectivity index (χ0v) is 7.41. The van der Waals surface area contributed by atoms with Crippen LogP contribution in [0, 0.1) is 0 Å². The minimum atomic E-state index is -0.503. The van der Waals surface area contributed by atoms with E-state index < -0.39 is 5.97 Å². The Hall–Kier alpha value is -1.23. The summed E-state index contributed by atoms with van der Waals surface area (Å²) in [6.07, 6.45) is 1.05. The molecule has 0 spiro atoms. The van der Waals surface area contributed by atoms with Crippen LogP contribution in [-0.4, -0.2) is 38.1 Å². The predicted octanol–water partition coefficient (Wildman–Crippen LogP) is -1.15. The van der Waals surface area contributed by atoms with E-state index in [0.717, 1.165) is 6.08 Å². The van der Waals surface area contributed by atoms with Crippen molar-refractivity contribution < 1.29 is 9.53 Å². The highest BCUT2D eigenvalue weighted by Gasteiger charge is 1.98. The maximum atomic E-state index is 10.8. The Morgan fingerprint density at radius 3 is 2.50 bits per heavy atom. The Morgan fingerprint density at radius 2 is 2.08 bits per heavy atom. The van der Waals surface area contributed by atoms with Gasteiger partial charge in [0.15, 0.2) is 0 Å². The van der Waals surface area contributed by atoms with Gasteiger partial charge in [-0.05, 0) is 14.1 Å². The van der Waals surface area contributed by atoms with E-state index in [2.05, 4.69) is 0 Å². The predicted molar refractivity (Wildman–Crippen MR) is 46.0 cm³/mol. The average molecular weight is 173 g/mol. The van der Waals surface area contributed by atoms with Crippen molar-refractivity contribution in [2.75, 3.05) is 27.2 Å². The molecule has 0 heterocycles. The number of likely N-dealkylation sites (N-methyl/N-ethyl adjacent to an activating group) is 1. The fourth-order valence-corrected chi connectivity index (χ4v) is 0.507. The van der Waals surface area contributed by atoms with Gasteiger partial charge in [-0.15, -0.1) is 0 Å². The first-order valence-corrected chi connectivity index (χ1v) is 3.56. The van der Waals surface area contributed by atoms with E-state index in [1.807, 2.05) is 19.0 Å². The van der Waals surface area contributed by atoms with Gasteiger partial charge in [0.1, 0.15) is 12.4 Å². The second-order valence-corrected chi connectivity index (χ2v) is 2.62. The van der Waals surface area contributed by atoms with E-state index in [-0.39, 0.29) is 5.82 Å². The summed E-state index contributed by atoms with van der Waals surface area (Å²) in [5.74, 6) is -0.540. The maximum absolute atomic E-state index is 10.8. The summed E-state index contributed by atoms with van der Waals surface area (Å²) < 4.78 is 4.75. The SMILES string of the molecule is CN(C)CCOC(=O)C=C(N)N. The molecule has 0 bridgehead atoms. The molecule has 0 rings (SSSR count). The van der Waals surface area contributed by atoms with Gasteiger partial charge in [0.05, 0.1) is 6.08 Å². The first-order valence-electron chi connectivity index (χ1n) is 3.56. The number of hydrogen-bond acceptors (Lipinski definition) is 5. The van der Waals surface area contributed by atoms with Gasteiger partial charge in [0, 0.05) is 6.54 Å². The highest BCUT2D eigenvalue weighted by atomic mass is 16.5. The van der Waals surface area contributed by atoms with E-state index in [1.54, 1.807) is 0 Å². The normalized spacial score (nSPS) is 9.58. The van der Waals surface area contributed by atoms with Gasteiger partial charge in [0.2, 0.25) is 0 Å². The van der Waals surface area contributed by atoms with Crippen LogP contribution in [0.4, 0.5) is 0 Å². The largest absolute Gasteiger partial charge is 0.461 e. The lowest BCUT2D eigenvalue weighted by molar-refractivity contribution is -0.138. The fraction of sp³-hybridized carbons (Fsp3) is 0.571. The molecular formula is C7H15N3O2. The third kappa shape index (κ3) is 6.88. The smallest absolute Gasteiger partial charge is 0.334 e. The number of rotatable bonds is 4. The molecule has 0 saturated heterocycles. The van der Waals surface area contributed by atoms with E-state index >= 15 is 0 Å². The lowest BCUT2D eigenvalue weighted by atomic mass is 10.5. The van der Waals surface area contributed by atoms with Crippen LogP contribution >= 0.6 is 0 Å². The lowest BCUT2D eigenvalue weighted by Gasteiger charge is -2.08. The van der Waals surface area contributed by atoms with Crippen molar-refractivity contribution in [3.05, 3.63) is 11.9 Å². The van der Waals surface area contributed by atoms with Crippen LogP contribution in [0.2, 0.25) is 0 Å². The summed E-state index contributed by atoms with van der Waals surface area (Å²) in [6, 6.07) is 0. The zero-order valence-electron chi connectivity index (χ0n) is 7.41. The topological polar surface area (TPSA) is 81.6 Å². The average Bonchev–Trinajstić information content (AvgIpc) is 1.84. The number of carbonyl (C=O) groups is 1. The lowest BCUT2D eigenvalue weighted by Crippen LogP contribution is -2.20.